The molecule has 1 fully saturated rings. The minimum atomic E-state index is -0.238. The number of aromatic amines is 1. The van der Waals surface area contributed by atoms with E-state index in [-0.39, 0.29) is 18.1 Å². The lowest BCUT2D eigenvalue weighted by Gasteiger charge is -2.14. The Morgan fingerprint density at radius 1 is 1.05 bits per heavy atom. The normalized spacial score (nSPS) is 13.5. The number of carbonyl (C=O) groups excluding carboxylic acids is 2. The van der Waals surface area contributed by atoms with E-state index in [1.165, 1.54) is 12.8 Å². The summed E-state index contributed by atoms with van der Waals surface area (Å²) in [5.74, 6) is 1.79. The zero-order valence-electron chi connectivity index (χ0n) is 22.1. The van der Waals surface area contributed by atoms with Crippen LogP contribution in [0.25, 0.3) is 11.3 Å². The van der Waals surface area contributed by atoms with Crippen molar-refractivity contribution >= 4 is 17.5 Å². The molecule has 9 heteroatoms. The molecule has 4 aromatic rings. The summed E-state index contributed by atoms with van der Waals surface area (Å²) in [6.45, 7) is 5.68. The molecule has 0 spiro atoms. The molecule has 202 valence electrons. The summed E-state index contributed by atoms with van der Waals surface area (Å²) in [5.41, 5.74) is 4.00. The van der Waals surface area contributed by atoms with Crippen LogP contribution in [0.1, 0.15) is 46.6 Å². The molecule has 39 heavy (non-hydrogen) atoms. The number of nitrogens with one attached hydrogen (secondary N) is 2. The van der Waals surface area contributed by atoms with Crippen molar-refractivity contribution in [3.05, 3.63) is 83.2 Å². The van der Waals surface area contributed by atoms with E-state index in [2.05, 4.69) is 25.6 Å². The van der Waals surface area contributed by atoms with Crippen LogP contribution in [0.15, 0.2) is 65.2 Å². The Kier molecular flexibility index (Phi) is 8.48. The average molecular weight is 528 g/mol. The van der Waals surface area contributed by atoms with Crippen LogP contribution in [0.4, 0.5) is 5.82 Å². The Hall–Kier alpha value is -4.24. The molecule has 0 atom stereocenters. The topological polar surface area (TPSA) is 113 Å². The molecule has 1 saturated heterocycles. The highest BCUT2D eigenvalue weighted by molar-refractivity contribution is 6.04. The van der Waals surface area contributed by atoms with Crippen molar-refractivity contribution < 1.29 is 18.8 Å². The molecule has 0 bridgehead atoms. The molecule has 0 radical (unpaired) electrons. The minimum absolute atomic E-state index is 0.126. The number of rotatable bonds is 12. The first-order valence-electron chi connectivity index (χ1n) is 13.4. The van der Waals surface area contributed by atoms with Gasteiger partial charge in [0.2, 0.25) is 0 Å². The lowest BCUT2D eigenvalue weighted by Crippen LogP contribution is -2.25. The number of anilines is 1. The van der Waals surface area contributed by atoms with Gasteiger partial charge in [0.05, 0.1) is 17.8 Å². The number of H-pyrrole nitrogens is 1. The van der Waals surface area contributed by atoms with Crippen molar-refractivity contribution in [1.29, 1.82) is 0 Å². The summed E-state index contributed by atoms with van der Waals surface area (Å²) in [6.07, 6.45) is 3.92. The van der Waals surface area contributed by atoms with E-state index in [1.54, 1.807) is 24.3 Å². The summed E-state index contributed by atoms with van der Waals surface area (Å²) in [4.78, 5) is 27.3. The zero-order chi connectivity index (χ0) is 27.0. The first-order chi connectivity index (χ1) is 19.0. The van der Waals surface area contributed by atoms with Crippen molar-refractivity contribution in [1.82, 2.24) is 20.3 Å². The summed E-state index contributed by atoms with van der Waals surface area (Å²) >= 11 is 0. The van der Waals surface area contributed by atoms with Gasteiger partial charge in [-0.1, -0.05) is 29.4 Å². The quantitative estimate of drug-likeness (QED) is 0.271. The highest BCUT2D eigenvalue weighted by atomic mass is 16.5. The number of aromatic nitrogens is 3. The van der Waals surface area contributed by atoms with Crippen LogP contribution in [0, 0.1) is 6.92 Å². The summed E-state index contributed by atoms with van der Waals surface area (Å²) in [7, 11) is 0. The van der Waals surface area contributed by atoms with E-state index in [9.17, 15) is 9.59 Å². The van der Waals surface area contributed by atoms with Gasteiger partial charge in [-0.2, -0.15) is 5.10 Å². The Balaban J connectivity index is 1.08. The first-order valence-corrected chi connectivity index (χ1v) is 13.4. The molecule has 2 N–H and O–H groups in total. The monoisotopic (exact) mass is 527 g/mol. The highest BCUT2D eigenvalue weighted by Crippen LogP contribution is 2.22. The van der Waals surface area contributed by atoms with E-state index >= 15 is 0 Å². The third kappa shape index (κ3) is 7.42. The second kappa shape index (κ2) is 12.5. The van der Waals surface area contributed by atoms with Crippen molar-refractivity contribution in [3.63, 3.8) is 0 Å². The van der Waals surface area contributed by atoms with E-state index in [4.69, 9.17) is 9.26 Å². The van der Waals surface area contributed by atoms with Crippen LogP contribution in [0.3, 0.4) is 0 Å². The molecule has 1 aliphatic rings. The smallest absolute Gasteiger partial charge is 0.256 e. The van der Waals surface area contributed by atoms with E-state index in [0.717, 1.165) is 42.2 Å². The van der Waals surface area contributed by atoms with Crippen LogP contribution < -0.4 is 10.1 Å². The molecule has 1 aliphatic heterocycles. The van der Waals surface area contributed by atoms with E-state index < -0.39 is 0 Å². The van der Waals surface area contributed by atoms with Crippen LogP contribution >= 0.6 is 0 Å². The number of hydrogen-bond donors (Lipinski definition) is 2. The standard InChI is InChI=1S/C30H33N5O4/c1-21-18-25(34-39-21)19-26(36)11-6-22-4-7-23(8-5-22)28-20-29(33-32-28)31-30(37)24-9-12-27(13-10-24)38-17-16-35-14-2-3-15-35/h4-5,7-10,12-13,18,20H,2-3,6,11,14-17,19H2,1H3,(H2,31,32,33,37). The Labute approximate surface area is 227 Å². The summed E-state index contributed by atoms with van der Waals surface area (Å²) in [6, 6.07) is 18.7. The summed E-state index contributed by atoms with van der Waals surface area (Å²) < 4.78 is 10.8. The molecule has 1 amide bonds. The molecular formula is C30H33N5O4. The molecule has 3 heterocycles. The Bertz CT molecular complexity index is 1390. The van der Waals surface area contributed by atoms with Gasteiger partial charge in [-0.25, -0.2) is 0 Å². The van der Waals surface area contributed by atoms with Gasteiger partial charge in [0.1, 0.15) is 23.9 Å². The zero-order valence-corrected chi connectivity index (χ0v) is 22.1. The number of aryl methyl sites for hydroxylation is 2. The van der Waals surface area contributed by atoms with Gasteiger partial charge in [-0.3, -0.25) is 19.6 Å². The predicted octanol–water partition coefficient (Wildman–Crippen LogP) is 4.84. The maximum Gasteiger partial charge on any atom is 0.256 e. The lowest BCUT2D eigenvalue weighted by atomic mass is 10.0. The van der Waals surface area contributed by atoms with Crippen LogP contribution in [0.2, 0.25) is 0 Å². The number of Topliss-reactive ketones (excluding diaryl/α,β-unsaturated/α-hetero) is 1. The largest absolute Gasteiger partial charge is 0.492 e. The maximum atomic E-state index is 12.7. The molecule has 5 rings (SSSR count). The Morgan fingerprint density at radius 2 is 1.82 bits per heavy atom. The van der Waals surface area contributed by atoms with E-state index in [1.807, 2.05) is 43.3 Å². The predicted molar refractivity (Wildman–Crippen MR) is 148 cm³/mol. The number of carbonyl (C=O) groups is 2. The third-order valence-electron chi connectivity index (χ3n) is 6.82. The van der Waals surface area contributed by atoms with Gasteiger partial charge >= 0.3 is 0 Å². The SMILES string of the molecule is Cc1cc(CC(=O)CCc2ccc(-c3cc(NC(=O)c4ccc(OCCN5CCCC5)cc4)n[nH]3)cc2)no1. The minimum Gasteiger partial charge on any atom is -0.492 e. The molecule has 2 aromatic heterocycles. The fraction of sp³-hybridized carbons (Fsp3) is 0.333. The number of nitrogens with zero attached hydrogens (tertiary/aromatic N) is 3. The number of ether oxygens (including phenoxy) is 1. The van der Waals surface area contributed by atoms with Gasteiger partial charge in [0, 0.05) is 30.7 Å². The third-order valence-corrected chi connectivity index (χ3v) is 6.82. The van der Waals surface area contributed by atoms with E-state index in [0.29, 0.717) is 42.3 Å². The van der Waals surface area contributed by atoms with Gasteiger partial charge in [0.25, 0.3) is 5.91 Å². The maximum absolute atomic E-state index is 12.7. The van der Waals surface area contributed by atoms with Gasteiger partial charge in [0.15, 0.2) is 5.82 Å². The van der Waals surface area contributed by atoms with Crippen molar-refractivity contribution in [2.24, 2.45) is 0 Å². The molecular weight excluding hydrogens is 494 g/mol. The fourth-order valence-electron chi connectivity index (χ4n) is 4.65. The van der Waals surface area contributed by atoms with Crippen LogP contribution in [-0.2, 0) is 17.6 Å². The van der Waals surface area contributed by atoms with Gasteiger partial charge < -0.3 is 14.6 Å². The fourth-order valence-corrected chi connectivity index (χ4v) is 4.65. The van der Waals surface area contributed by atoms with Crippen molar-refractivity contribution in [3.8, 4) is 17.0 Å². The van der Waals surface area contributed by atoms with Crippen molar-refractivity contribution in [2.45, 2.75) is 39.0 Å². The number of likely N-dealkylation sites (tertiary alicyclic amines) is 1. The summed E-state index contributed by atoms with van der Waals surface area (Å²) in [5, 5.41) is 13.9. The molecule has 2 aromatic carbocycles. The first kappa shape index (κ1) is 26.4. The lowest BCUT2D eigenvalue weighted by molar-refractivity contribution is -0.118. The molecule has 0 unspecified atom stereocenters. The number of hydrogen-bond acceptors (Lipinski definition) is 7. The molecule has 9 nitrogen and oxygen atoms in total. The average Bonchev–Trinajstić information content (AvgIpc) is 3.72. The Morgan fingerprint density at radius 3 is 2.54 bits per heavy atom. The second-order valence-corrected chi connectivity index (χ2v) is 9.88. The highest BCUT2D eigenvalue weighted by Gasteiger charge is 2.13. The number of ketones is 1. The van der Waals surface area contributed by atoms with Gasteiger partial charge in [-0.05, 0) is 74.7 Å². The second-order valence-electron chi connectivity index (χ2n) is 9.88. The molecule has 0 saturated carbocycles. The van der Waals surface area contributed by atoms with Crippen LogP contribution in [0.5, 0.6) is 5.75 Å². The number of benzene rings is 2. The van der Waals surface area contributed by atoms with Gasteiger partial charge in [-0.15, -0.1) is 0 Å². The van der Waals surface area contributed by atoms with Crippen molar-refractivity contribution in [2.75, 3.05) is 31.6 Å². The number of amides is 1. The molecule has 0 aliphatic carbocycles. The van der Waals surface area contributed by atoms with Crippen LogP contribution in [-0.4, -0.2) is 58.2 Å².